The van der Waals surface area contributed by atoms with Crippen molar-refractivity contribution >= 4 is 21.6 Å². The maximum absolute atomic E-state index is 13.4. The van der Waals surface area contributed by atoms with Crippen LogP contribution in [0.5, 0.6) is 11.5 Å². The van der Waals surface area contributed by atoms with Gasteiger partial charge in [-0.25, -0.2) is 8.42 Å². The van der Waals surface area contributed by atoms with Crippen molar-refractivity contribution in [1.82, 2.24) is 10.2 Å². The van der Waals surface area contributed by atoms with Crippen molar-refractivity contribution in [2.75, 3.05) is 45.7 Å². The normalized spacial score (nSPS) is 22.1. The number of carbonyl (C=O) groups is 1. The molecule has 0 saturated heterocycles. The molecule has 1 aliphatic rings. The first-order valence-electron chi connectivity index (χ1n) is 11.1. The Morgan fingerprint density at radius 1 is 1.15 bits per heavy atom. The highest BCUT2D eigenvalue weighted by molar-refractivity contribution is 7.92. The first-order valence-corrected chi connectivity index (χ1v) is 12.6. The summed E-state index contributed by atoms with van der Waals surface area (Å²) in [5.74, 6) is 0.486. The van der Waals surface area contributed by atoms with Crippen LogP contribution >= 0.6 is 0 Å². The number of anilines is 1. The van der Waals surface area contributed by atoms with Crippen LogP contribution in [0.3, 0.4) is 0 Å². The third-order valence-corrected chi connectivity index (χ3v) is 7.26. The van der Waals surface area contributed by atoms with Crippen molar-refractivity contribution in [1.29, 1.82) is 0 Å². The van der Waals surface area contributed by atoms with Gasteiger partial charge in [0.05, 0.1) is 18.8 Å². The number of methoxy groups -OCH3 is 2. The Balaban J connectivity index is 1.96. The number of ether oxygens (including phenoxy) is 3. The molecule has 0 unspecified atom stereocenters. The summed E-state index contributed by atoms with van der Waals surface area (Å²) in [7, 11) is 0.784. The maximum Gasteiger partial charge on any atom is 0.265 e. The van der Waals surface area contributed by atoms with E-state index in [1.165, 1.54) is 19.2 Å². The monoisotopic (exact) mass is 491 g/mol. The minimum absolute atomic E-state index is 0.00165. The van der Waals surface area contributed by atoms with Gasteiger partial charge in [-0.15, -0.1) is 0 Å². The average Bonchev–Trinajstić information content (AvgIpc) is 2.83. The zero-order valence-electron chi connectivity index (χ0n) is 20.2. The van der Waals surface area contributed by atoms with E-state index in [9.17, 15) is 13.2 Å². The molecule has 9 nitrogen and oxygen atoms in total. The molecule has 0 radical (unpaired) electrons. The minimum Gasteiger partial charge on any atom is -0.495 e. The number of rotatable bonds is 5. The van der Waals surface area contributed by atoms with Crippen LogP contribution in [0.25, 0.3) is 0 Å². The van der Waals surface area contributed by atoms with Crippen LogP contribution in [0.1, 0.15) is 24.2 Å². The lowest BCUT2D eigenvalue weighted by Crippen LogP contribution is -2.44. The van der Waals surface area contributed by atoms with E-state index in [0.29, 0.717) is 18.9 Å². The summed E-state index contributed by atoms with van der Waals surface area (Å²) in [6.45, 7) is 5.52. The minimum atomic E-state index is -3.95. The summed E-state index contributed by atoms with van der Waals surface area (Å²) in [5, 5.41) is 3.43. The number of hydrogen-bond acceptors (Lipinski definition) is 7. The van der Waals surface area contributed by atoms with E-state index in [4.69, 9.17) is 14.2 Å². The Bertz CT molecular complexity index is 1110. The predicted molar refractivity (Wildman–Crippen MR) is 130 cm³/mol. The third-order valence-electron chi connectivity index (χ3n) is 5.84. The molecule has 0 aromatic heterocycles. The van der Waals surface area contributed by atoms with Gasteiger partial charge in [-0.3, -0.25) is 9.52 Å². The van der Waals surface area contributed by atoms with Gasteiger partial charge in [0.15, 0.2) is 0 Å². The zero-order valence-corrected chi connectivity index (χ0v) is 21.0. The SMILES string of the molecule is COc1ccccc1S(=O)(=O)Nc1ccc2c(c1)C(=O)N(C)C[C@@H](OC)[C@@H](C)CN[C@H](C)CO2. The van der Waals surface area contributed by atoms with Crippen molar-refractivity contribution in [2.45, 2.75) is 30.9 Å². The number of fused-ring (bicyclic) bond motifs is 1. The number of hydrogen-bond donors (Lipinski definition) is 2. The lowest BCUT2D eigenvalue weighted by Gasteiger charge is -2.30. The molecule has 1 heterocycles. The second-order valence-electron chi connectivity index (χ2n) is 8.52. The Kier molecular flexibility index (Phi) is 8.40. The number of sulfonamides is 1. The van der Waals surface area contributed by atoms with Crippen LogP contribution in [0, 0.1) is 5.92 Å². The first-order chi connectivity index (χ1) is 16.2. The summed E-state index contributed by atoms with van der Waals surface area (Å²) in [4.78, 5) is 14.9. The first kappa shape index (κ1) is 25.8. The lowest BCUT2D eigenvalue weighted by molar-refractivity contribution is 0.0281. The van der Waals surface area contributed by atoms with E-state index in [1.807, 2.05) is 6.92 Å². The molecule has 186 valence electrons. The van der Waals surface area contributed by atoms with Crippen LogP contribution in [-0.4, -0.2) is 72.3 Å². The van der Waals surface area contributed by atoms with Crippen molar-refractivity contribution in [3.63, 3.8) is 0 Å². The Hall–Kier alpha value is -2.82. The molecular formula is C24H33N3O6S. The largest absolute Gasteiger partial charge is 0.495 e. The fourth-order valence-corrected chi connectivity index (χ4v) is 5.00. The second kappa shape index (κ2) is 11.1. The third kappa shape index (κ3) is 5.99. The van der Waals surface area contributed by atoms with Crippen molar-refractivity contribution in [3.8, 4) is 11.5 Å². The molecule has 1 aliphatic heterocycles. The molecule has 3 rings (SSSR count). The highest BCUT2D eigenvalue weighted by atomic mass is 32.2. The smallest absolute Gasteiger partial charge is 0.265 e. The summed E-state index contributed by atoms with van der Waals surface area (Å²) >= 11 is 0. The van der Waals surface area contributed by atoms with E-state index in [1.54, 1.807) is 49.4 Å². The molecule has 34 heavy (non-hydrogen) atoms. The van der Waals surface area contributed by atoms with Crippen LogP contribution in [0.2, 0.25) is 0 Å². The van der Waals surface area contributed by atoms with Gasteiger partial charge in [-0.1, -0.05) is 19.1 Å². The van der Waals surface area contributed by atoms with Gasteiger partial charge in [0, 0.05) is 39.0 Å². The van der Waals surface area contributed by atoms with Gasteiger partial charge in [-0.05, 0) is 43.2 Å². The van der Waals surface area contributed by atoms with Gasteiger partial charge in [0.2, 0.25) is 0 Å². The summed E-state index contributed by atoms with van der Waals surface area (Å²) < 4.78 is 45.4. The standard InChI is InChI=1S/C24H33N3O6S/c1-16-13-25-17(2)15-33-20-11-10-18(12-19(20)24(28)27(3)14-22(16)32-5)26-34(29,30)23-9-7-6-8-21(23)31-4/h6-12,16-17,22,25-26H,13-15H2,1-5H3/t16-,17+,22+/m0/s1. The van der Waals surface area contributed by atoms with E-state index in [-0.39, 0.29) is 45.9 Å². The molecule has 0 bridgehead atoms. The number of nitrogens with zero attached hydrogens (tertiary/aromatic N) is 1. The van der Waals surface area contributed by atoms with Crippen LogP contribution in [0.15, 0.2) is 47.4 Å². The highest BCUT2D eigenvalue weighted by Gasteiger charge is 2.26. The highest BCUT2D eigenvalue weighted by Crippen LogP contribution is 2.29. The molecule has 0 aliphatic carbocycles. The lowest BCUT2D eigenvalue weighted by atomic mass is 10.0. The summed E-state index contributed by atoms with van der Waals surface area (Å²) in [5.41, 5.74) is 0.503. The number of para-hydroxylation sites is 1. The van der Waals surface area contributed by atoms with Crippen molar-refractivity contribution < 1.29 is 27.4 Å². The van der Waals surface area contributed by atoms with Crippen molar-refractivity contribution in [3.05, 3.63) is 48.0 Å². The number of amides is 1. The second-order valence-corrected chi connectivity index (χ2v) is 10.2. The van der Waals surface area contributed by atoms with Gasteiger partial charge in [-0.2, -0.15) is 0 Å². The molecule has 3 atom stereocenters. The maximum atomic E-state index is 13.4. The molecule has 2 N–H and O–H groups in total. The number of likely N-dealkylation sites (N-methyl/N-ethyl adjacent to an activating group) is 1. The van der Waals surface area contributed by atoms with E-state index < -0.39 is 10.0 Å². The van der Waals surface area contributed by atoms with E-state index in [0.717, 1.165) is 6.54 Å². The van der Waals surface area contributed by atoms with Gasteiger partial charge in [0.25, 0.3) is 15.9 Å². The quantitative estimate of drug-likeness (QED) is 0.662. The van der Waals surface area contributed by atoms with Crippen molar-refractivity contribution in [2.24, 2.45) is 5.92 Å². The molecular weight excluding hydrogens is 458 g/mol. The topological polar surface area (TPSA) is 106 Å². The van der Waals surface area contributed by atoms with Gasteiger partial charge in [0.1, 0.15) is 23.0 Å². The van der Waals surface area contributed by atoms with Gasteiger partial charge < -0.3 is 24.4 Å². The van der Waals surface area contributed by atoms with Crippen LogP contribution in [0.4, 0.5) is 5.69 Å². The fraction of sp³-hybridized carbons (Fsp3) is 0.458. The Morgan fingerprint density at radius 3 is 2.59 bits per heavy atom. The van der Waals surface area contributed by atoms with E-state index in [2.05, 4.69) is 17.0 Å². The molecule has 2 aromatic carbocycles. The van der Waals surface area contributed by atoms with Crippen LogP contribution < -0.4 is 19.5 Å². The molecule has 10 heteroatoms. The average molecular weight is 492 g/mol. The zero-order chi connectivity index (χ0) is 24.9. The molecule has 0 spiro atoms. The molecule has 0 saturated carbocycles. The number of nitrogens with one attached hydrogen (secondary N) is 2. The number of carbonyl (C=O) groups excluding carboxylic acids is 1. The fourth-order valence-electron chi connectivity index (χ4n) is 3.77. The predicted octanol–water partition coefficient (Wildman–Crippen LogP) is 2.59. The number of benzene rings is 2. The molecule has 1 amide bonds. The molecule has 2 aromatic rings. The Morgan fingerprint density at radius 2 is 1.88 bits per heavy atom. The van der Waals surface area contributed by atoms with Gasteiger partial charge >= 0.3 is 0 Å². The van der Waals surface area contributed by atoms with E-state index >= 15 is 0 Å². The van der Waals surface area contributed by atoms with Crippen LogP contribution in [-0.2, 0) is 14.8 Å². The summed E-state index contributed by atoms with van der Waals surface area (Å²) in [6.07, 6.45) is -0.162. The Labute approximate surface area is 201 Å². The summed E-state index contributed by atoms with van der Waals surface area (Å²) in [6, 6.07) is 11.1. The molecule has 0 fully saturated rings.